The molecule has 0 radical (unpaired) electrons. The molecule has 0 N–H and O–H groups in total. The van der Waals surface area contributed by atoms with Crippen molar-refractivity contribution >= 4 is 5.57 Å². The second-order valence-electron chi connectivity index (χ2n) is 2.70. The molecule has 0 atom stereocenters. The zero-order valence-corrected chi connectivity index (χ0v) is 6.05. The standard InChI is InChI=1S/C9H10O/c1-7-3-2-4-8-5-6-10-9(7)8/h3,5-6H,2,4H2,1H3. The summed E-state index contributed by atoms with van der Waals surface area (Å²) in [6.07, 6.45) is 6.31. The predicted octanol–water partition coefficient (Wildman–Crippen LogP) is 2.63. The third kappa shape index (κ3) is 0.703. The number of furan rings is 1. The first kappa shape index (κ1) is 5.78. The van der Waals surface area contributed by atoms with E-state index in [0.717, 1.165) is 12.2 Å². The van der Waals surface area contributed by atoms with Crippen LogP contribution < -0.4 is 0 Å². The number of fused-ring (bicyclic) bond motifs is 1. The Kier molecular flexibility index (Phi) is 1.16. The number of hydrogen-bond donors (Lipinski definition) is 0. The van der Waals surface area contributed by atoms with Crippen LogP contribution in [0.1, 0.15) is 24.7 Å². The van der Waals surface area contributed by atoms with Crippen LogP contribution in [0.5, 0.6) is 0 Å². The van der Waals surface area contributed by atoms with E-state index in [1.165, 1.54) is 17.6 Å². The third-order valence-corrected chi connectivity index (χ3v) is 1.97. The molecule has 0 saturated carbocycles. The molecule has 1 aliphatic rings. The van der Waals surface area contributed by atoms with E-state index >= 15 is 0 Å². The van der Waals surface area contributed by atoms with Crippen LogP contribution in [-0.4, -0.2) is 0 Å². The molecule has 1 aromatic heterocycles. The van der Waals surface area contributed by atoms with Crippen LogP contribution in [0.3, 0.4) is 0 Å². The fraction of sp³-hybridized carbons (Fsp3) is 0.333. The molecule has 1 nitrogen and oxygen atoms in total. The van der Waals surface area contributed by atoms with Crippen molar-refractivity contribution in [3.8, 4) is 0 Å². The van der Waals surface area contributed by atoms with Gasteiger partial charge in [0.25, 0.3) is 0 Å². The lowest BCUT2D eigenvalue weighted by atomic mass is 10.00. The van der Waals surface area contributed by atoms with Crippen molar-refractivity contribution in [3.05, 3.63) is 29.7 Å². The molecule has 0 aliphatic heterocycles. The highest BCUT2D eigenvalue weighted by molar-refractivity contribution is 5.63. The summed E-state index contributed by atoms with van der Waals surface area (Å²) in [5, 5.41) is 0. The molecule has 2 rings (SSSR count). The molecule has 1 aromatic rings. The van der Waals surface area contributed by atoms with E-state index < -0.39 is 0 Å². The highest BCUT2D eigenvalue weighted by atomic mass is 16.3. The molecule has 1 heterocycles. The summed E-state index contributed by atoms with van der Waals surface area (Å²) in [5.41, 5.74) is 2.64. The van der Waals surface area contributed by atoms with E-state index in [-0.39, 0.29) is 0 Å². The first-order valence-corrected chi connectivity index (χ1v) is 3.61. The van der Waals surface area contributed by atoms with Crippen LogP contribution in [0.15, 0.2) is 22.8 Å². The lowest BCUT2D eigenvalue weighted by Gasteiger charge is -2.06. The Bertz CT molecular complexity index is 268. The lowest BCUT2D eigenvalue weighted by molar-refractivity contribution is 0.546. The summed E-state index contributed by atoms with van der Waals surface area (Å²) in [6.45, 7) is 2.10. The van der Waals surface area contributed by atoms with Crippen LogP contribution >= 0.6 is 0 Å². The molecule has 0 bridgehead atoms. The van der Waals surface area contributed by atoms with E-state index in [0.29, 0.717) is 0 Å². The zero-order valence-electron chi connectivity index (χ0n) is 6.05. The summed E-state index contributed by atoms with van der Waals surface area (Å²) >= 11 is 0. The second-order valence-corrected chi connectivity index (χ2v) is 2.70. The molecule has 0 spiro atoms. The summed E-state index contributed by atoms with van der Waals surface area (Å²) in [4.78, 5) is 0. The minimum absolute atomic E-state index is 1.09. The van der Waals surface area contributed by atoms with E-state index in [1.54, 1.807) is 6.26 Å². The summed E-state index contributed by atoms with van der Waals surface area (Å²) in [7, 11) is 0. The third-order valence-electron chi connectivity index (χ3n) is 1.97. The van der Waals surface area contributed by atoms with Crippen LogP contribution in [0.4, 0.5) is 0 Å². The van der Waals surface area contributed by atoms with Crippen LogP contribution in [-0.2, 0) is 6.42 Å². The van der Waals surface area contributed by atoms with Gasteiger partial charge in [-0.3, -0.25) is 0 Å². The largest absolute Gasteiger partial charge is 0.464 e. The average Bonchev–Trinajstić information content (AvgIpc) is 2.36. The Morgan fingerprint density at radius 1 is 1.50 bits per heavy atom. The lowest BCUT2D eigenvalue weighted by Crippen LogP contribution is -1.92. The minimum Gasteiger partial charge on any atom is -0.464 e. The van der Waals surface area contributed by atoms with Gasteiger partial charge in [-0.2, -0.15) is 0 Å². The molecular weight excluding hydrogens is 124 g/mol. The number of hydrogen-bond acceptors (Lipinski definition) is 1. The Labute approximate surface area is 60.4 Å². The smallest absolute Gasteiger partial charge is 0.132 e. The quantitative estimate of drug-likeness (QED) is 0.531. The number of aryl methyl sites for hydroxylation is 1. The summed E-state index contributed by atoms with van der Waals surface area (Å²) < 4.78 is 5.30. The topological polar surface area (TPSA) is 13.1 Å². The monoisotopic (exact) mass is 134 g/mol. The van der Waals surface area contributed by atoms with Crippen molar-refractivity contribution in [3.63, 3.8) is 0 Å². The van der Waals surface area contributed by atoms with E-state index in [2.05, 4.69) is 19.1 Å². The molecule has 0 fully saturated rings. The normalized spacial score (nSPS) is 16.3. The van der Waals surface area contributed by atoms with Crippen LogP contribution in [0.25, 0.3) is 5.57 Å². The zero-order chi connectivity index (χ0) is 6.97. The average molecular weight is 134 g/mol. The molecule has 0 amide bonds. The van der Waals surface area contributed by atoms with Crippen molar-refractivity contribution in [1.82, 2.24) is 0 Å². The molecule has 1 heteroatoms. The van der Waals surface area contributed by atoms with Gasteiger partial charge in [0.1, 0.15) is 5.76 Å². The van der Waals surface area contributed by atoms with E-state index in [4.69, 9.17) is 4.42 Å². The highest BCUT2D eigenvalue weighted by Crippen LogP contribution is 2.26. The first-order valence-electron chi connectivity index (χ1n) is 3.61. The molecule has 10 heavy (non-hydrogen) atoms. The Morgan fingerprint density at radius 2 is 2.40 bits per heavy atom. The Hall–Kier alpha value is -0.980. The van der Waals surface area contributed by atoms with Crippen molar-refractivity contribution in [2.75, 3.05) is 0 Å². The van der Waals surface area contributed by atoms with Crippen LogP contribution in [0.2, 0.25) is 0 Å². The van der Waals surface area contributed by atoms with E-state index in [9.17, 15) is 0 Å². The minimum atomic E-state index is 1.09. The van der Waals surface area contributed by atoms with Crippen LogP contribution in [0, 0.1) is 0 Å². The SMILES string of the molecule is CC1=CCCc2ccoc21. The Morgan fingerprint density at radius 3 is 3.20 bits per heavy atom. The second kappa shape index (κ2) is 2.01. The number of allylic oxidation sites excluding steroid dienone is 2. The molecular formula is C9H10O. The predicted molar refractivity (Wildman–Crippen MR) is 40.7 cm³/mol. The molecule has 0 saturated heterocycles. The summed E-state index contributed by atoms with van der Waals surface area (Å²) in [6, 6.07) is 2.06. The molecule has 0 aromatic carbocycles. The van der Waals surface area contributed by atoms with Gasteiger partial charge in [0.05, 0.1) is 6.26 Å². The van der Waals surface area contributed by atoms with Gasteiger partial charge in [-0.25, -0.2) is 0 Å². The van der Waals surface area contributed by atoms with Gasteiger partial charge >= 0.3 is 0 Å². The van der Waals surface area contributed by atoms with Gasteiger partial charge in [-0.1, -0.05) is 6.08 Å². The fourth-order valence-electron chi connectivity index (χ4n) is 1.42. The van der Waals surface area contributed by atoms with Gasteiger partial charge < -0.3 is 4.42 Å². The van der Waals surface area contributed by atoms with Gasteiger partial charge in [0.15, 0.2) is 0 Å². The van der Waals surface area contributed by atoms with Crippen molar-refractivity contribution in [1.29, 1.82) is 0 Å². The van der Waals surface area contributed by atoms with Gasteiger partial charge in [-0.05, 0) is 37.0 Å². The van der Waals surface area contributed by atoms with Gasteiger partial charge in [0.2, 0.25) is 0 Å². The molecule has 52 valence electrons. The highest BCUT2D eigenvalue weighted by Gasteiger charge is 2.10. The maximum Gasteiger partial charge on any atom is 0.132 e. The van der Waals surface area contributed by atoms with E-state index in [1.807, 2.05) is 0 Å². The van der Waals surface area contributed by atoms with Crippen molar-refractivity contribution in [2.45, 2.75) is 19.8 Å². The van der Waals surface area contributed by atoms with Crippen molar-refractivity contribution in [2.24, 2.45) is 0 Å². The maximum absolute atomic E-state index is 5.30. The Balaban J connectivity index is 2.55. The molecule has 1 aliphatic carbocycles. The van der Waals surface area contributed by atoms with Crippen molar-refractivity contribution < 1.29 is 4.42 Å². The first-order chi connectivity index (χ1) is 4.88. The van der Waals surface area contributed by atoms with Gasteiger partial charge in [0, 0.05) is 0 Å². The van der Waals surface area contributed by atoms with Gasteiger partial charge in [-0.15, -0.1) is 0 Å². The summed E-state index contributed by atoms with van der Waals surface area (Å²) in [5.74, 6) is 1.09. The fourth-order valence-corrected chi connectivity index (χ4v) is 1.42. The number of rotatable bonds is 0. The maximum atomic E-state index is 5.30. The molecule has 0 unspecified atom stereocenters.